The van der Waals surface area contributed by atoms with Gasteiger partial charge in [0.25, 0.3) is 0 Å². The fraction of sp³-hybridized carbons (Fsp3) is 0.217. The second-order valence-corrected chi connectivity index (χ2v) is 7.54. The zero-order chi connectivity index (χ0) is 17.9. The van der Waals surface area contributed by atoms with Gasteiger partial charge in [-0.1, -0.05) is 48.5 Å². The monoisotopic (exact) mass is 358 g/mol. The predicted octanol–water partition coefficient (Wildman–Crippen LogP) is 4.83. The molecule has 2 radical (unpaired) electrons. The van der Waals surface area contributed by atoms with Crippen molar-refractivity contribution >= 4 is 47.0 Å². The number of hydrogen-bond acceptors (Lipinski definition) is 2. The third-order valence-electron chi connectivity index (χ3n) is 4.63. The summed E-state index contributed by atoms with van der Waals surface area (Å²) in [4.78, 5) is 0. The van der Waals surface area contributed by atoms with Crippen LogP contribution in [0, 0.1) is 0 Å². The maximum absolute atomic E-state index is 5.86. The Morgan fingerprint density at radius 2 is 1.27 bits per heavy atom. The van der Waals surface area contributed by atoms with E-state index in [4.69, 9.17) is 9.47 Å². The molecule has 0 fully saturated rings. The molecule has 4 aromatic carbocycles. The van der Waals surface area contributed by atoms with Crippen molar-refractivity contribution in [3.8, 4) is 0 Å². The van der Waals surface area contributed by atoms with Crippen LogP contribution in [0.15, 0.2) is 66.7 Å². The van der Waals surface area contributed by atoms with E-state index in [9.17, 15) is 0 Å². The van der Waals surface area contributed by atoms with Gasteiger partial charge in [0.2, 0.25) is 0 Å². The summed E-state index contributed by atoms with van der Waals surface area (Å²) >= 11 is 0. The molecule has 0 atom stereocenters. The Balaban J connectivity index is 1.97. The zero-order valence-electron chi connectivity index (χ0n) is 15.2. The van der Waals surface area contributed by atoms with E-state index in [0.29, 0.717) is 22.7 Å². The summed E-state index contributed by atoms with van der Waals surface area (Å²) in [5.74, 6) is -0.189. The molecule has 0 spiro atoms. The molecule has 0 bridgehead atoms. The highest BCUT2D eigenvalue weighted by Gasteiger charge is 2.16. The standard InChI is InChI=1S/C23H22O2Si/c1-3-24-23(25-4-2)26-22-20-12-8-7-11-18(20)14-19-13-16-9-5-6-10-17(16)15-21(19)22/h5-15,23H,3-4H2,1-2H3. The van der Waals surface area contributed by atoms with Crippen LogP contribution in [0.3, 0.4) is 0 Å². The first-order valence-corrected chi connectivity index (χ1v) is 10.2. The number of benzene rings is 4. The largest absolute Gasteiger partial charge is 0.357 e. The van der Waals surface area contributed by atoms with E-state index in [0.717, 1.165) is 0 Å². The molecule has 130 valence electrons. The molecule has 4 rings (SSSR count). The molecule has 2 nitrogen and oxygen atoms in total. The van der Waals surface area contributed by atoms with E-state index in [-0.39, 0.29) is 5.91 Å². The summed E-state index contributed by atoms with van der Waals surface area (Å²) in [5.41, 5.74) is 0. The van der Waals surface area contributed by atoms with Crippen molar-refractivity contribution in [1.82, 2.24) is 0 Å². The molecule has 3 heteroatoms. The van der Waals surface area contributed by atoms with Gasteiger partial charge in [0.1, 0.15) is 5.91 Å². The number of hydrogen-bond donors (Lipinski definition) is 0. The minimum absolute atomic E-state index is 0.189. The van der Waals surface area contributed by atoms with Crippen molar-refractivity contribution in [2.75, 3.05) is 13.2 Å². The molecule has 0 heterocycles. The predicted molar refractivity (Wildman–Crippen MR) is 111 cm³/mol. The van der Waals surface area contributed by atoms with E-state index < -0.39 is 0 Å². The van der Waals surface area contributed by atoms with Gasteiger partial charge in [-0.2, -0.15) is 0 Å². The highest BCUT2D eigenvalue weighted by molar-refractivity contribution is 6.62. The lowest BCUT2D eigenvalue weighted by molar-refractivity contribution is -0.0816. The maximum Gasteiger partial charge on any atom is 0.158 e. The highest BCUT2D eigenvalue weighted by Crippen LogP contribution is 2.26. The summed E-state index contributed by atoms with van der Waals surface area (Å²) in [6.07, 6.45) is 0. The summed E-state index contributed by atoms with van der Waals surface area (Å²) in [7, 11) is 0.444. The molecule has 4 aromatic rings. The maximum atomic E-state index is 5.86. The van der Waals surface area contributed by atoms with Crippen LogP contribution in [0.5, 0.6) is 0 Å². The summed E-state index contributed by atoms with van der Waals surface area (Å²) < 4.78 is 11.7. The highest BCUT2D eigenvalue weighted by atomic mass is 28.2. The molecule has 0 aliphatic carbocycles. The van der Waals surface area contributed by atoms with Crippen molar-refractivity contribution in [2.45, 2.75) is 19.8 Å². The van der Waals surface area contributed by atoms with E-state index in [2.05, 4.69) is 66.7 Å². The van der Waals surface area contributed by atoms with Crippen molar-refractivity contribution in [1.29, 1.82) is 0 Å². The van der Waals surface area contributed by atoms with Crippen LogP contribution in [-0.4, -0.2) is 28.6 Å². The Hall–Kier alpha value is -2.20. The zero-order valence-corrected chi connectivity index (χ0v) is 16.2. The Kier molecular flexibility index (Phi) is 5.02. The van der Waals surface area contributed by atoms with Gasteiger partial charge in [-0.3, -0.25) is 0 Å². The van der Waals surface area contributed by atoms with E-state index in [1.54, 1.807) is 0 Å². The molecule has 0 aliphatic heterocycles. The first kappa shape index (κ1) is 17.2. The summed E-state index contributed by atoms with van der Waals surface area (Å²) in [6.45, 7) is 5.35. The molecule has 0 N–H and O–H groups in total. The first-order chi connectivity index (χ1) is 12.8. The minimum atomic E-state index is -0.189. The Morgan fingerprint density at radius 3 is 1.96 bits per heavy atom. The number of rotatable bonds is 6. The van der Waals surface area contributed by atoms with Crippen LogP contribution >= 0.6 is 0 Å². The Labute approximate surface area is 156 Å². The molecule has 0 amide bonds. The van der Waals surface area contributed by atoms with Crippen molar-refractivity contribution < 1.29 is 9.47 Å². The number of ether oxygens (including phenoxy) is 2. The molecule has 0 aliphatic rings. The van der Waals surface area contributed by atoms with E-state index in [1.807, 2.05) is 13.8 Å². The van der Waals surface area contributed by atoms with E-state index in [1.165, 1.54) is 37.5 Å². The van der Waals surface area contributed by atoms with Gasteiger partial charge in [0, 0.05) is 13.2 Å². The first-order valence-electron chi connectivity index (χ1n) is 9.14. The van der Waals surface area contributed by atoms with Gasteiger partial charge in [0.05, 0.1) is 0 Å². The number of fused-ring (bicyclic) bond motifs is 3. The summed E-state index contributed by atoms with van der Waals surface area (Å²) in [5, 5.41) is 9.00. The van der Waals surface area contributed by atoms with Crippen LogP contribution in [0.4, 0.5) is 0 Å². The minimum Gasteiger partial charge on any atom is -0.357 e. The topological polar surface area (TPSA) is 18.5 Å². The summed E-state index contributed by atoms with van der Waals surface area (Å²) in [6, 6.07) is 24.1. The molecular weight excluding hydrogens is 336 g/mol. The second kappa shape index (κ2) is 7.58. The van der Waals surface area contributed by atoms with Crippen LogP contribution in [0.25, 0.3) is 32.3 Å². The van der Waals surface area contributed by atoms with Crippen LogP contribution in [0.1, 0.15) is 13.8 Å². The van der Waals surface area contributed by atoms with Crippen LogP contribution < -0.4 is 5.19 Å². The fourth-order valence-electron chi connectivity index (χ4n) is 3.46. The lowest BCUT2D eigenvalue weighted by atomic mass is 9.99. The van der Waals surface area contributed by atoms with Crippen molar-refractivity contribution in [3.63, 3.8) is 0 Å². The van der Waals surface area contributed by atoms with Gasteiger partial charge in [-0.25, -0.2) is 0 Å². The third kappa shape index (κ3) is 3.26. The Morgan fingerprint density at radius 1 is 0.692 bits per heavy atom. The average molecular weight is 359 g/mol. The average Bonchev–Trinajstić information content (AvgIpc) is 2.67. The molecule has 0 saturated carbocycles. The quantitative estimate of drug-likeness (QED) is 0.279. The molecule has 0 unspecified atom stereocenters. The third-order valence-corrected chi connectivity index (χ3v) is 6.02. The molecule has 0 aromatic heterocycles. The lowest BCUT2D eigenvalue weighted by Crippen LogP contribution is -2.34. The lowest BCUT2D eigenvalue weighted by Gasteiger charge is -2.19. The van der Waals surface area contributed by atoms with Crippen LogP contribution in [-0.2, 0) is 9.47 Å². The molecule has 0 saturated heterocycles. The van der Waals surface area contributed by atoms with E-state index >= 15 is 0 Å². The van der Waals surface area contributed by atoms with Crippen molar-refractivity contribution in [3.05, 3.63) is 66.7 Å². The van der Waals surface area contributed by atoms with Crippen molar-refractivity contribution in [2.24, 2.45) is 0 Å². The van der Waals surface area contributed by atoms with Gasteiger partial charge in [-0.15, -0.1) is 0 Å². The van der Waals surface area contributed by atoms with Gasteiger partial charge in [0.15, 0.2) is 9.52 Å². The van der Waals surface area contributed by atoms with Gasteiger partial charge in [-0.05, 0) is 69.6 Å². The van der Waals surface area contributed by atoms with Crippen LogP contribution in [0.2, 0.25) is 0 Å². The molecular formula is C23H22O2Si. The second-order valence-electron chi connectivity index (χ2n) is 6.28. The smallest absolute Gasteiger partial charge is 0.158 e. The fourth-order valence-corrected chi connectivity index (χ4v) is 4.96. The normalized spacial score (nSPS) is 11.8. The van der Waals surface area contributed by atoms with Gasteiger partial charge >= 0.3 is 0 Å². The SMILES string of the molecule is CCOC(OCC)[Si]c1c2ccccc2cc2cc3ccccc3cc12. The Bertz CT molecular complexity index is 1050. The molecule has 26 heavy (non-hydrogen) atoms. The van der Waals surface area contributed by atoms with Gasteiger partial charge < -0.3 is 9.47 Å².